The fourth-order valence-electron chi connectivity index (χ4n) is 3.02. The fraction of sp³-hybridized carbons (Fsp3) is 0.688. The normalized spacial score (nSPS) is 18.7. The molecule has 1 aliphatic rings. The Morgan fingerprint density at radius 1 is 1.48 bits per heavy atom. The zero-order chi connectivity index (χ0) is 15.2. The number of hydrogen-bond donors (Lipinski definition) is 1. The maximum Gasteiger partial charge on any atom is 0.270 e. The summed E-state index contributed by atoms with van der Waals surface area (Å²) in [6.07, 6.45) is 6.05. The van der Waals surface area contributed by atoms with Crippen molar-refractivity contribution >= 4 is 17.5 Å². The Balaban J connectivity index is 2.20. The number of aryl methyl sites for hydroxylation is 1. The van der Waals surface area contributed by atoms with Crippen molar-refractivity contribution in [3.05, 3.63) is 23.0 Å². The molecular formula is C16H26ClN3O. The van der Waals surface area contributed by atoms with E-state index < -0.39 is 0 Å². The highest BCUT2D eigenvalue weighted by Crippen LogP contribution is 2.20. The van der Waals surface area contributed by atoms with E-state index in [0.717, 1.165) is 57.6 Å². The number of aromatic nitrogens is 1. The molecule has 2 rings (SSSR count). The molecule has 5 heteroatoms. The number of halogens is 1. The Bertz CT molecular complexity index is 466. The molecule has 0 aliphatic carbocycles. The topological polar surface area (TPSA) is 37.3 Å². The third-order valence-corrected chi connectivity index (χ3v) is 4.19. The van der Waals surface area contributed by atoms with E-state index in [2.05, 4.69) is 19.2 Å². The van der Waals surface area contributed by atoms with Gasteiger partial charge in [-0.3, -0.25) is 4.79 Å². The van der Waals surface area contributed by atoms with Crippen molar-refractivity contribution in [2.75, 3.05) is 19.6 Å². The molecule has 0 saturated carbocycles. The Hall–Kier alpha value is -1.00. The van der Waals surface area contributed by atoms with Crippen molar-refractivity contribution in [2.24, 2.45) is 0 Å². The molecule has 0 spiro atoms. The Kier molecular flexibility index (Phi) is 6.12. The van der Waals surface area contributed by atoms with Gasteiger partial charge >= 0.3 is 0 Å². The largest absolute Gasteiger partial charge is 0.342 e. The van der Waals surface area contributed by atoms with Crippen molar-refractivity contribution in [3.63, 3.8) is 0 Å². The van der Waals surface area contributed by atoms with E-state index >= 15 is 0 Å². The van der Waals surface area contributed by atoms with E-state index in [1.807, 2.05) is 15.7 Å². The number of piperidine rings is 1. The summed E-state index contributed by atoms with van der Waals surface area (Å²) in [5.41, 5.74) is 0.723. The van der Waals surface area contributed by atoms with Crippen molar-refractivity contribution in [1.82, 2.24) is 14.8 Å². The average molecular weight is 312 g/mol. The zero-order valence-corrected chi connectivity index (χ0v) is 13.8. The molecule has 21 heavy (non-hydrogen) atoms. The van der Waals surface area contributed by atoms with E-state index in [0.29, 0.717) is 11.1 Å². The number of amides is 1. The van der Waals surface area contributed by atoms with Crippen LogP contribution in [-0.4, -0.2) is 41.1 Å². The molecular weight excluding hydrogens is 286 g/mol. The summed E-state index contributed by atoms with van der Waals surface area (Å²) in [5, 5.41) is 4.04. The number of hydrogen-bond acceptors (Lipinski definition) is 2. The molecule has 4 nitrogen and oxygen atoms in total. The number of carbonyl (C=O) groups excluding carboxylic acids is 1. The van der Waals surface area contributed by atoms with Crippen LogP contribution in [0.25, 0.3) is 0 Å². The average Bonchev–Trinajstić information content (AvgIpc) is 2.86. The quantitative estimate of drug-likeness (QED) is 0.876. The lowest BCUT2D eigenvalue weighted by atomic mass is 10.0. The summed E-state index contributed by atoms with van der Waals surface area (Å²) in [6, 6.07) is 2.10. The van der Waals surface area contributed by atoms with Crippen molar-refractivity contribution in [2.45, 2.75) is 52.1 Å². The highest BCUT2D eigenvalue weighted by molar-refractivity contribution is 6.31. The molecule has 1 saturated heterocycles. The molecule has 1 unspecified atom stereocenters. The van der Waals surface area contributed by atoms with Gasteiger partial charge in [-0.1, -0.05) is 25.4 Å². The first-order valence-corrected chi connectivity index (χ1v) is 8.42. The van der Waals surface area contributed by atoms with Crippen molar-refractivity contribution in [3.8, 4) is 0 Å². The van der Waals surface area contributed by atoms with Gasteiger partial charge in [0, 0.05) is 31.9 Å². The molecule has 1 atom stereocenters. The molecule has 0 aromatic carbocycles. The zero-order valence-electron chi connectivity index (χ0n) is 13.1. The van der Waals surface area contributed by atoms with E-state index in [4.69, 9.17) is 11.6 Å². The molecule has 1 fully saturated rings. The van der Waals surface area contributed by atoms with Gasteiger partial charge in [0.25, 0.3) is 5.91 Å². The third-order valence-electron chi connectivity index (χ3n) is 3.98. The number of rotatable bonds is 6. The molecule has 1 aliphatic heterocycles. The summed E-state index contributed by atoms with van der Waals surface area (Å²) < 4.78 is 1.99. The molecule has 1 aromatic rings. The SMILES string of the molecule is CCCN(C(=O)c1cc(Cl)cn1CCC)C1CCCNC1. The van der Waals surface area contributed by atoms with Gasteiger partial charge in [0.1, 0.15) is 5.69 Å². The van der Waals surface area contributed by atoms with Gasteiger partial charge in [0.15, 0.2) is 0 Å². The lowest BCUT2D eigenvalue weighted by Gasteiger charge is -2.34. The van der Waals surface area contributed by atoms with E-state index in [9.17, 15) is 4.79 Å². The van der Waals surface area contributed by atoms with Gasteiger partial charge in [-0.25, -0.2) is 0 Å². The molecule has 0 bridgehead atoms. The Morgan fingerprint density at radius 3 is 2.90 bits per heavy atom. The Morgan fingerprint density at radius 2 is 2.29 bits per heavy atom. The minimum absolute atomic E-state index is 0.117. The molecule has 1 amide bonds. The van der Waals surface area contributed by atoms with Gasteiger partial charge in [0.2, 0.25) is 0 Å². The minimum atomic E-state index is 0.117. The minimum Gasteiger partial charge on any atom is -0.342 e. The van der Waals surface area contributed by atoms with Gasteiger partial charge in [-0.2, -0.15) is 0 Å². The molecule has 118 valence electrons. The van der Waals surface area contributed by atoms with Crippen LogP contribution in [0.5, 0.6) is 0 Å². The highest BCUT2D eigenvalue weighted by atomic mass is 35.5. The van der Waals surface area contributed by atoms with Crippen molar-refractivity contribution in [1.29, 1.82) is 0 Å². The fourth-order valence-corrected chi connectivity index (χ4v) is 3.24. The van der Waals surface area contributed by atoms with Crippen LogP contribution in [0, 0.1) is 0 Å². The molecule has 0 radical (unpaired) electrons. The maximum atomic E-state index is 13.0. The van der Waals surface area contributed by atoms with Crippen LogP contribution in [0.2, 0.25) is 5.02 Å². The van der Waals surface area contributed by atoms with Crippen LogP contribution in [0.3, 0.4) is 0 Å². The van der Waals surface area contributed by atoms with E-state index in [-0.39, 0.29) is 5.91 Å². The number of nitrogens with zero attached hydrogens (tertiary/aromatic N) is 2. The summed E-state index contributed by atoms with van der Waals surface area (Å²) in [7, 11) is 0. The Labute approximate surface area is 132 Å². The van der Waals surface area contributed by atoms with Gasteiger partial charge < -0.3 is 14.8 Å². The lowest BCUT2D eigenvalue weighted by molar-refractivity contribution is 0.0637. The second-order valence-corrected chi connectivity index (χ2v) is 6.17. The van der Waals surface area contributed by atoms with E-state index in [1.165, 1.54) is 0 Å². The lowest BCUT2D eigenvalue weighted by Crippen LogP contribution is -2.49. The van der Waals surface area contributed by atoms with Crippen LogP contribution < -0.4 is 5.32 Å². The smallest absolute Gasteiger partial charge is 0.270 e. The first kappa shape index (κ1) is 16.4. The second-order valence-electron chi connectivity index (χ2n) is 5.74. The summed E-state index contributed by atoms with van der Waals surface area (Å²) in [5.74, 6) is 0.117. The summed E-state index contributed by atoms with van der Waals surface area (Å²) in [6.45, 7) is 7.82. The van der Waals surface area contributed by atoms with Crippen LogP contribution >= 0.6 is 11.6 Å². The first-order chi connectivity index (χ1) is 10.2. The van der Waals surface area contributed by atoms with Gasteiger partial charge in [-0.05, 0) is 38.3 Å². The first-order valence-electron chi connectivity index (χ1n) is 8.04. The molecule has 2 heterocycles. The number of carbonyl (C=O) groups is 1. The monoisotopic (exact) mass is 311 g/mol. The standard InChI is InChI=1S/C16H26ClN3O/c1-3-8-19-12-13(17)10-15(19)16(21)20(9-4-2)14-6-5-7-18-11-14/h10,12,14,18H,3-9,11H2,1-2H3. The van der Waals surface area contributed by atoms with E-state index in [1.54, 1.807) is 6.07 Å². The highest BCUT2D eigenvalue weighted by Gasteiger charge is 2.27. The van der Waals surface area contributed by atoms with Gasteiger partial charge in [-0.15, -0.1) is 0 Å². The molecule has 1 aromatic heterocycles. The second kappa shape index (κ2) is 7.85. The van der Waals surface area contributed by atoms with Gasteiger partial charge in [0.05, 0.1) is 5.02 Å². The predicted molar refractivity (Wildman–Crippen MR) is 87.0 cm³/mol. The van der Waals surface area contributed by atoms with Crippen LogP contribution in [0.15, 0.2) is 12.3 Å². The maximum absolute atomic E-state index is 13.0. The summed E-state index contributed by atoms with van der Waals surface area (Å²) >= 11 is 6.11. The van der Waals surface area contributed by atoms with Crippen LogP contribution in [0.1, 0.15) is 50.0 Å². The number of nitrogens with one attached hydrogen (secondary N) is 1. The summed E-state index contributed by atoms with van der Waals surface area (Å²) in [4.78, 5) is 15.0. The van der Waals surface area contributed by atoms with Crippen molar-refractivity contribution < 1.29 is 4.79 Å². The van der Waals surface area contributed by atoms with Crippen LogP contribution in [-0.2, 0) is 6.54 Å². The third kappa shape index (κ3) is 4.01. The predicted octanol–water partition coefficient (Wildman–Crippen LogP) is 3.16. The van der Waals surface area contributed by atoms with Crippen LogP contribution in [0.4, 0.5) is 0 Å². The molecule has 1 N–H and O–H groups in total.